The molecule has 2 nitrogen and oxygen atoms in total. The molecule has 2 heteroatoms. The molecule has 0 saturated carbocycles. The minimum Gasteiger partial charge on any atom is -0.396 e. The third-order valence-electron chi connectivity index (χ3n) is 2.30. The van der Waals surface area contributed by atoms with Gasteiger partial charge >= 0.3 is 0 Å². The maximum Gasteiger partial charge on any atom is 0.0515 e. The Morgan fingerprint density at radius 2 is 2.55 bits per heavy atom. The van der Waals surface area contributed by atoms with Gasteiger partial charge in [-0.15, -0.1) is 0 Å². The van der Waals surface area contributed by atoms with Crippen LogP contribution in [0.15, 0.2) is 18.3 Å². The van der Waals surface area contributed by atoms with Crippen molar-refractivity contribution in [3.63, 3.8) is 0 Å². The van der Waals surface area contributed by atoms with Crippen molar-refractivity contribution in [2.24, 2.45) is 0 Å². The number of hydrogen-bond donors (Lipinski definition) is 1. The predicted octanol–water partition coefficient (Wildman–Crippen LogP) is 1.10. The van der Waals surface area contributed by atoms with Crippen LogP contribution in [0.2, 0.25) is 0 Å². The zero-order valence-corrected chi connectivity index (χ0v) is 6.33. The van der Waals surface area contributed by atoms with Crippen LogP contribution in [0.4, 0.5) is 0 Å². The van der Waals surface area contributed by atoms with Crippen LogP contribution < -0.4 is 0 Å². The monoisotopic (exact) mass is 149 g/mol. The minimum absolute atomic E-state index is 0.240. The molecule has 0 fully saturated rings. The molecule has 0 aliphatic heterocycles. The SMILES string of the molecule is OC[C@H]1CCc2cccnc21. The lowest BCUT2D eigenvalue weighted by atomic mass is 10.1. The van der Waals surface area contributed by atoms with Crippen LogP contribution in [-0.4, -0.2) is 16.7 Å². The maximum absolute atomic E-state index is 8.97. The van der Waals surface area contributed by atoms with E-state index in [1.54, 1.807) is 6.20 Å². The lowest BCUT2D eigenvalue weighted by molar-refractivity contribution is 0.263. The first-order chi connectivity index (χ1) is 5.42. The fourth-order valence-corrected chi connectivity index (χ4v) is 1.67. The molecule has 0 amide bonds. The second-order valence-corrected chi connectivity index (χ2v) is 2.97. The molecule has 58 valence electrons. The van der Waals surface area contributed by atoms with Gasteiger partial charge in [-0.1, -0.05) is 6.07 Å². The third-order valence-corrected chi connectivity index (χ3v) is 2.30. The quantitative estimate of drug-likeness (QED) is 0.648. The van der Waals surface area contributed by atoms with Crippen molar-refractivity contribution in [1.29, 1.82) is 0 Å². The van der Waals surface area contributed by atoms with E-state index >= 15 is 0 Å². The Balaban J connectivity index is 2.39. The van der Waals surface area contributed by atoms with Gasteiger partial charge < -0.3 is 5.11 Å². The standard InChI is InChI=1S/C9H11NO/c11-6-8-4-3-7-2-1-5-10-9(7)8/h1-2,5,8,11H,3-4,6H2/t8-/m1/s1. The number of aliphatic hydroxyl groups excluding tert-OH is 1. The molecule has 1 heterocycles. The number of pyridine rings is 1. The second-order valence-electron chi connectivity index (χ2n) is 2.97. The van der Waals surface area contributed by atoms with Gasteiger partial charge in [0.1, 0.15) is 0 Å². The lowest BCUT2D eigenvalue weighted by Crippen LogP contribution is -2.00. The molecule has 2 rings (SSSR count). The summed E-state index contributed by atoms with van der Waals surface area (Å²) in [6.07, 6.45) is 3.93. The molecule has 11 heavy (non-hydrogen) atoms. The van der Waals surface area contributed by atoms with Gasteiger partial charge in [-0.25, -0.2) is 0 Å². The van der Waals surface area contributed by atoms with Crippen molar-refractivity contribution in [1.82, 2.24) is 4.98 Å². The van der Waals surface area contributed by atoms with Gasteiger partial charge in [0.25, 0.3) is 0 Å². The Hall–Kier alpha value is -0.890. The second kappa shape index (κ2) is 2.62. The number of hydrogen-bond acceptors (Lipinski definition) is 2. The van der Waals surface area contributed by atoms with Gasteiger partial charge in [0.05, 0.1) is 6.61 Å². The zero-order chi connectivity index (χ0) is 7.68. The molecule has 1 aromatic heterocycles. The Morgan fingerprint density at radius 1 is 1.64 bits per heavy atom. The molecule has 1 N–H and O–H groups in total. The van der Waals surface area contributed by atoms with Crippen LogP contribution in [0, 0.1) is 0 Å². The average molecular weight is 149 g/mol. The summed E-state index contributed by atoms with van der Waals surface area (Å²) in [6.45, 7) is 0.240. The van der Waals surface area contributed by atoms with E-state index in [2.05, 4.69) is 11.1 Å². The summed E-state index contributed by atoms with van der Waals surface area (Å²) in [4.78, 5) is 4.25. The highest BCUT2D eigenvalue weighted by Gasteiger charge is 2.21. The van der Waals surface area contributed by atoms with Crippen LogP contribution >= 0.6 is 0 Å². The van der Waals surface area contributed by atoms with E-state index < -0.39 is 0 Å². The molecular weight excluding hydrogens is 138 g/mol. The molecule has 0 radical (unpaired) electrons. The van der Waals surface area contributed by atoms with Crippen LogP contribution in [0.25, 0.3) is 0 Å². The highest BCUT2D eigenvalue weighted by atomic mass is 16.3. The van der Waals surface area contributed by atoms with Crippen molar-refractivity contribution in [3.05, 3.63) is 29.6 Å². The van der Waals surface area contributed by atoms with Crippen molar-refractivity contribution in [2.75, 3.05) is 6.61 Å². The van der Waals surface area contributed by atoms with Crippen molar-refractivity contribution in [2.45, 2.75) is 18.8 Å². The number of aryl methyl sites for hydroxylation is 1. The van der Waals surface area contributed by atoms with Crippen molar-refractivity contribution >= 4 is 0 Å². The van der Waals surface area contributed by atoms with Crippen LogP contribution in [0.5, 0.6) is 0 Å². The summed E-state index contributed by atoms with van der Waals surface area (Å²) in [5.41, 5.74) is 2.42. The average Bonchev–Trinajstić information content (AvgIpc) is 2.47. The van der Waals surface area contributed by atoms with E-state index in [-0.39, 0.29) is 6.61 Å². The van der Waals surface area contributed by atoms with Gasteiger partial charge in [-0.05, 0) is 24.5 Å². The number of nitrogens with zero attached hydrogens (tertiary/aromatic N) is 1. The van der Waals surface area contributed by atoms with Gasteiger partial charge in [0.2, 0.25) is 0 Å². The van der Waals surface area contributed by atoms with Crippen LogP contribution in [0.3, 0.4) is 0 Å². The number of fused-ring (bicyclic) bond motifs is 1. The molecular formula is C9H11NO. The number of aromatic nitrogens is 1. The van der Waals surface area contributed by atoms with Crippen LogP contribution in [-0.2, 0) is 6.42 Å². The lowest BCUT2D eigenvalue weighted by Gasteiger charge is -2.04. The summed E-state index contributed by atoms with van der Waals surface area (Å²) in [5.74, 6) is 0.297. The predicted molar refractivity (Wildman–Crippen MR) is 42.4 cm³/mol. The number of rotatable bonds is 1. The molecule has 1 aliphatic rings. The molecule has 0 aromatic carbocycles. The highest BCUT2D eigenvalue weighted by molar-refractivity contribution is 5.28. The van der Waals surface area contributed by atoms with Gasteiger partial charge in [-0.2, -0.15) is 0 Å². The Labute approximate surface area is 65.9 Å². The van der Waals surface area contributed by atoms with Crippen molar-refractivity contribution in [3.8, 4) is 0 Å². The Morgan fingerprint density at radius 3 is 3.36 bits per heavy atom. The first kappa shape index (κ1) is 6.80. The fraction of sp³-hybridized carbons (Fsp3) is 0.444. The summed E-state index contributed by atoms with van der Waals surface area (Å²) >= 11 is 0. The highest BCUT2D eigenvalue weighted by Crippen LogP contribution is 2.29. The van der Waals surface area contributed by atoms with Gasteiger partial charge in [-0.3, -0.25) is 4.98 Å². The van der Waals surface area contributed by atoms with Crippen LogP contribution in [0.1, 0.15) is 23.6 Å². The van der Waals surface area contributed by atoms with E-state index in [0.717, 1.165) is 18.5 Å². The molecule has 0 bridgehead atoms. The number of aliphatic hydroxyl groups is 1. The van der Waals surface area contributed by atoms with E-state index in [9.17, 15) is 0 Å². The first-order valence-corrected chi connectivity index (χ1v) is 3.96. The summed E-state index contributed by atoms with van der Waals surface area (Å²) in [5, 5.41) is 8.97. The molecule has 0 spiro atoms. The molecule has 1 aromatic rings. The molecule has 0 unspecified atom stereocenters. The smallest absolute Gasteiger partial charge is 0.0515 e. The Bertz CT molecular complexity index is 259. The topological polar surface area (TPSA) is 33.1 Å². The summed E-state index contributed by atoms with van der Waals surface area (Å²) in [6, 6.07) is 4.05. The molecule has 1 aliphatic carbocycles. The van der Waals surface area contributed by atoms with Gasteiger partial charge in [0.15, 0.2) is 0 Å². The molecule has 1 atom stereocenters. The molecule has 0 saturated heterocycles. The largest absolute Gasteiger partial charge is 0.396 e. The minimum atomic E-state index is 0.240. The van der Waals surface area contributed by atoms with Gasteiger partial charge in [0, 0.05) is 17.8 Å². The fourth-order valence-electron chi connectivity index (χ4n) is 1.67. The Kier molecular flexibility index (Phi) is 1.62. The van der Waals surface area contributed by atoms with Crippen molar-refractivity contribution < 1.29 is 5.11 Å². The first-order valence-electron chi connectivity index (χ1n) is 3.96. The third kappa shape index (κ3) is 1.03. The summed E-state index contributed by atoms with van der Waals surface area (Å²) in [7, 11) is 0. The zero-order valence-electron chi connectivity index (χ0n) is 6.33. The van der Waals surface area contributed by atoms with E-state index in [4.69, 9.17) is 5.11 Å². The van der Waals surface area contributed by atoms with E-state index in [0.29, 0.717) is 5.92 Å². The normalized spacial score (nSPS) is 21.7. The summed E-state index contributed by atoms with van der Waals surface area (Å²) < 4.78 is 0. The van der Waals surface area contributed by atoms with E-state index in [1.165, 1.54) is 5.56 Å². The maximum atomic E-state index is 8.97. The van der Waals surface area contributed by atoms with E-state index in [1.807, 2.05) is 6.07 Å².